The number of β-amino-alcohol motifs (C(OH)–C–C–N with tert-alkyl or cyclic N) is 1. The molecule has 6 nitrogen and oxygen atoms in total. The second kappa shape index (κ2) is 8.88. The van der Waals surface area contributed by atoms with E-state index >= 15 is 0 Å². The van der Waals surface area contributed by atoms with E-state index in [2.05, 4.69) is 10.1 Å². The summed E-state index contributed by atoms with van der Waals surface area (Å²) in [7, 11) is 1.54. The molecule has 1 heterocycles. The highest BCUT2D eigenvalue weighted by atomic mass is 19.3. The van der Waals surface area contributed by atoms with Crippen LogP contribution >= 0.6 is 0 Å². The summed E-state index contributed by atoms with van der Waals surface area (Å²) < 4.78 is 35.3. The number of piperidine rings is 1. The van der Waals surface area contributed by atoms with Crippen molar-refractivity contribution in [2.75, 3.05) is 25.5 Å². The highest BCUT2D eigenvalue weighted by molar-refractivity contribution is 5.91. The Balaban J connectivity index is 1.85. The summed E-state index contributed by atoms with van der Waals surface area (Å²) in [4.78, 5) is 14.0. The highest BCUT2D eigenvalue weighted by Gasteiger charge is 2.22. The van der Waals surface area contributed by atoms with Crippen LogP contribution in [-0.2, 0) is 0 Å². The summed E-state index contributed by atoms with van der Waals surface area (Å²) in [5, 5.41) is 12.5. The Morgan fingerprint density at radius 3 is 2.64 bits per heavy atom. The Morgan fingerprint density at radius 1 is 1.25 bits per heavy atom. The van der Waals surface area contributed by atoms with Crippen LogP contribution in [0.3, 0.4) is 0 Å². The van der Waals surface area contributed by atoms with Gasteiger partial charge in [0.15, 0.2) is 0 Å². The second-order valence-corrected chi connectivity index (χ2v) is 6.49. The van der Waals surface area contributed by atoms with Gasteiger partial charge in [0, 0.05) is 24.3 Å². The van der Waals surface area contributed by atoms with Crippen LogP contribution in [0.25, 0.3) is 11.1 Å². The number of aliphatic hydroxyl groups is 1. The third-order valence-corrected chi connectivity index (χ3v) is 4.53. The number of ether oxygens (including phenoxy) is 2. The second-order valence-electron chi connectivity index (χ2n) is 6.49. The Kier molecular flexibility index (Phi) is 6.30. The molecule has 1 saturated heterocycles. The minimum absolute atomic E-state index is 0.00607. The van der Waals surface area contributed by atoms with Crippen molar-refractivity contribution >= 4 is 11.7 Å². The first-order valence-corrected chi connectivity index (χ1v) is 8.93. The molecule has 1 aliphatic heterocycles. The van der Waals surface area contributed by atoms with E-state index in [0.29, 0.717) is 35.5 Å². The van der Waals surface area contributed by atoms with Crippen LogP contribution in [0.5, 0.6) is 11.5 Å². The maximum absolute atomic E-state index is 12.8. The number of carbonyl (C=O) groups is 1. The lowest BCUT2D eigenvalue weighted by Gasteiger charge is -2.30. The quantitative estimate of drug-likeness (QED) is 0.808. The largest absolute Gasteiger partial charge is 0.497 e. The number of halogens is 2. The first-order chi connectivity index (χ1) is 13.5. The molecule has 0 aromatic heterocycles. The molecule has 3 rings (SSSR count). The minimum Gasteiger partial charge on any atom is -0.497 e. The van der Waals surface area contributed by atoms with Gasteiger partial charge >= 0.3 is 12.6 Å². The predicted octanol–water partition coefficient (Wildman–Crippen LogP) is 3.95. The minimum atomic E-state index is -2.97. The summed E-state index contributed by atoms with van der Waals surface area (Å²) >= 11 is 0. The van der Waals surface area contributed by atoms with E-state index in [1.807, 2.05) is 0 Å². The Hall–Kier alpha value is -2.87. The van der Waals surface area contributed by atoms with Gasteiger partial charge in [0.2, 0.25) is 0 Å². The summed E-state index contributed by atoms with van der Waals surface area (Å²) in [6.07, 6.45) is 0.869. The summed E-state index contributed by atoms with van der Waals surface area (Å²) in [5.74, 6) is 0.639. The number of methoxy groups -OCH3 is 1. The molecule has 1 unspecified atom stereocenters. The maximum atomic E-state index is 12.8. The monoisotopic (exact) mass is 392 g/mol. The fourth-order valence-electron chi connectivity index (χ4n) is 3.14. The molecule has 0 aliphatic carbocycles. The predicted molar refractivity (Wildman–Crippen MR) is 101 cm³/mol. The molecule has 2 amide bonds. The molecule has 150 valence electrons. The van der Waals surface area contributed by atoms with Gasteiger partial charge in [-0.3, -0.25) is 0 Å². The van der Waals surface area contributed by atoms with Gasteiger partial charge in [-0.1, -0.05) is 12.1 Å². The number of urea groups is 1. The van der Waals surface area contributed by atoms with E-state index in [-0.39, 0.29) is 18.3 Å². The van der Waals surface area contributed by atoms with Crippen molar-refractivity contribution in [3.8, 4) is 22.6 Å². The third kappa shape index (κ3) is 4.89. The number of aliphatic hydroxyl groups excluding tert-OH is 1. The van der Waals surface area contributed by atoms with Crippen LogP contribution < -0.4 is 14.8 Å². The number of hydrogen-bond donors (Lipinski definition) is 2. The number of nitrogens with zero attached hydrogens (tertiary/aromatic N) is 1. The van der Waals surface area contributed by atoms with Crippen LogP contribution in [0.15, 0.2) is 42.5 Å². The lowest BCUT2D eigenvalue weighted by molar-refractivity contribution is -0.0494. The van der Waals surface area contributed by atoms with Gasteiger partial charge < -0.3 is 24.8 Å². The molecule has 2 aromatic carbocycles. The number of hydrogen-bond acceptors (Lipinski definition) is 4. The number of likely N-dealkylation sites (tertiary alicyclic amines) is 1. The van der Waals surface area contributed by atoms with E-state index in [4.69, 9.17) is 4.74 Å². The lowest BCUT2D eigenvalue weighted by Crippen LogP contribution is -2.44. The van der Waals surface area contributed by atoms with Gasteiger partial charge in [0.05, 0.1) is 13.2 Å². The normalized spacial score (nSPS) is 16.8. The topological polar surface area (TPSA) is 71.0 Å². The number of alkyl halides is 2. The molecule has 1 atom stereocenters. The van der Waals surface area contributed by atoms with Crippen LogP contribution in [-0.4, -0.2) is 49.0 Å². The maximum Gasteiger partial charge on any atom is 0.387 e. The fourth-order valence-corrected chi connectivity index (χ4v) is 3.14. The molecule has 2 N–H and O–H groups in total. The van der Waals surface area contributed by atoms with Crippen molar-refractivity contribution < 1.29 is 28.2 Å². The standard InChI is InChI=1S/C20H22F2N2O4/c1-27-16-7-4-13(5-8-16)17-11-14(6-9-18(17)28-19(21)22)23-20(26)24-10-2-3-15(25)12-24/h4-9,11,15,19,25H,2-3,10,12H2,1H3,(H,23,26). The Morgan fingerprint density at radius 2 is 2.00 bits per heavy atom. The first kappa shape index (κ1) is 19.9. The van der Waals surface area contributed by atoms with Crippen LogP contribution in [0.1, 0.15) is 12.8 Å². The van der Waals surface area contributed by atoms with Gasteiger partial charge in [-0.2, -0.15) is 8.78 Å². The van der Waals surface area contributed by atoms with E-state index < -0.39 is 12.7 Å². The fraction of sp³-hybridized carbons (Fsp3) is 0.350. The van der Waals surface area contributed by atoms with E-state index in [0.717, 1.165) is 6.42 Å². The number of amides is 2. The summed E-state index contributed by atoms with van der Waals surface area (Å²) in [6.45, 7) is -2.14. The SMILES string of the molecule is COc1ccc(-c2cc(NC(=O)N3CCCC(O)C3)ccc2OC(F)F)cc1. The van der Waals surface area contributed by atoms with Crippen molar-refractivity contribution in [1.82, 2.24) is 4.90 Å². The molecule has 0 bridgehead atoms. The molecule has 2 aromatic rings. The van der Waals surface area contributed by atoms with Gasteiger partial charge in [-0.05, 0) is 48.7 Å². The van der Waals surface area contributed by atoms with Crippen LogP contribution in [0.2, 0.25) is 0 Å². The van der Waals surface area contributed by atoms with Crippen LogP contribution in [0, 0.1) is 0 Å². The molecule has 1 aliphatic rings. The highest BCUT2D eigenvalue weighted by Crippen LogP contribution is 2.34. The van der Waals surface area contributed by atoms with E-state index in [1.54, 1.807) is 30.3 Å². The van der Waals surface area contributed by atoms with E-state index in [1.165, 1.54) is 24.1 Å². The molecule has 0 radical (unpaired) electrons. The number of carbonyl (C=O) groups excluding carboxylic acids is 1. The zero-order valence-electron chi connectivity index (χ0n) is 15.4. The number of nitrogens with one attached hydrogen (secondary N) is 1. The first-order valence-electron chi connectivity index (χ1n) is 8.93. The Bertz CT molecular complexity index is 814. The van der Waals surface area contributed by atoms with E-state index in [9.17, 15) is 18.7 Å². The summed E-state index contributed by atoms with van der Waals surface area (Å²) in [6, 6.07) is 11.0. The zero-order chi connectivity index (χ0) is 20.1. The molecule has 28 heavy (non-hydrogen) atoms. The van der Waals surface area contributed by atoms with Gasteiger partial charge in [-0.15, -0.1) is 0 Å². The average Bonchev–Trinajstić information content (AvgIpc) is 2.69. The van der Waals surface area contributed by atoms with Crippen molar-refractivity contribution in [3.63, 3.8) is 0 Å². The third-order valence-electron chi connectivity index (χ3n) is 4.53. The van der Waals surface area contributed by atoms with Crippen molar-refractivity contribution in [2.24, 2.45) is 0 Å². The smallest absolute Gasteiger partial charge is 0.387 e. The molecular formula is C20H22F2N2O4. The van der Waals surface area contributed by atoms with Gasteiger partial charge in [-0.25, -0.2) is 4.79 Å². The number of benzene rings is 2. The molecule has 1 fully saturated rings. The zero-order valence-corrected chi connectivity index (χ0v) is 15.4. The Labute approximate surface area is 161 Å². The van der Waals surface area contributed by atoms with Crippen molar-refractivity contribution in [2.45, 2.75) is 25.6 Å². The van der Waals surface area contributed by atoms with Gasteiger partial charge in [0.25, 0.3) is 0 Å². The van der Waals surface area contributed by atoms with Crippen LogP contribution in [0.4, 0.5) is 19.3 Å². The number of anilines is 1. The molecule has 0 spiro atoms. The van der Waals surface area contributed by atoms with Crippen molar-refractivity contribution in [1.29, 1.82) is 0 Å². The van der Waals surface area contributed by atoms with Crippen molar-refractivity contribution in [3.05, 3.63) is 42.5 Å². The molecular weight excluding hydrogens is 370 g/mol. The lowest BCUT2D eigenvalue weighted by atomic mass is 10.0. The summed E-state index contributed by atoms with van der Waals surface area (Å²) in [5.41, 5.74) is 1.50. The van der Waals surface area contributed by atoms with Gasteiger partial charge in [0.1, 0.15) is 11.5 Å². The molecule has 0 saturated carbocycles. The molecule has 8 heteroatoms. The average molecular weight is 392 g/mol. The number of rotatable bonds is 5.